The van der Waals surface area contributed by atoms with Crippen LogP contribution in [-0.2, 0) is 4.79 Å². The molecule has 0 unspecified atom stereocenters. The molecule has 2 aromatic rings. The average molecular weight is 367 g/mol. The highest BCUT2D eigenvalue weighted by Gasteiger charge is 2.06. The normalized spacial score (nSPS) is 10.3. The molecule has 0 saturated carbocycles. The topological polar surface area (TPSA) is 92.9 Å². The third-order valence-corrected chi connectivity index (χ3v) is 3.42. The predicted molar refractivity (Wildman–Crippen MR) is 101 cm³/mol. The van der Waals surface area contributed by atoms with Gasteiger partial charge in [-0.3, -0.25) is 4.79 Å². The summed E-state index contributed by atoms with van der Waals surface area (Å²) in [6.07, 6.45) is 2.40. The molecule has 0 fully saturated rings. The highest BCUT2D eigenvalue weighted by atomic mass is 16.5. The van der Waals surface area contributed by atoms with Gasteiger partial charge in [0.1, 0.15) is 11.8 Å². The Labute approximate surface area is 158 Å². The van der Waals surface area contributed by atoms with Gasteiger partial charge < -0.3 is 14.2 Å². The van der Waals surface area contributed by atoms with E-state index in [1.54, 1.807) is 43.5 Å². The number of rotatable bonds is 9. The van der Waals surface area contributed by atoms with Gasteiger partial charge in [0, 0.05) is 0 Å². The van der Waals surface area contributed by atoms with Crippen LogP contribution < -0.4 is 19.6 Å². The fourth-order valence-electron chi connectivity index (χ4n) is 2.13. The minimum absolute atomic E-state index is 0.247. The Hall–Kier alpha value is -3.53. The SMILES string of the molecule is CCCOc1ccc(/C=N/NC(=O)COc2ccccc2C#N)cc1OC. The summed E-state index contributed by atoms with van der Waals surface area (Å²) < 4.78 is 16.2. The molecular formula is C20H21N3O4. The van der Waals surface area contributed by atoms with Crippen LogP contribution in [0.15, 0.2) is 47.6 Å². The van der Waals surface area contributed by atoms with E-state index < -0.39 is 5.91 Å². The van der Waals surface area contributed by atoms with Crippen molar-refractivity contribution in [1.82, 2.24) is 5.43 Å². The number of ether oxygens (including phenoxy) is 3. The number of nitrogens with one attached hydrogen (secondary N) is 1. The van der Waals surface area contributed by atoms with E-state index in [0.717, 1.165) is 12.0 Å². The van der Waals surface area contributed by atoms with Crippen LogP contribution in [0.2, 0.25) is 0 Å². The molecule has 0 spiro atoms. The monoisotopic (exact) mass is 367 g/mol. The number of amides is 1. The molecule has 0 bridgehead atoms. The summed E-state index contributed by atoms with van der Waals surface area (Å²) in [6, 6.07) is 14.1. The maximum absolute atomic E-state index is 11.8. The summed E-state index contributed by atoms with van der Waals surface area (Å²) in [5, 5.41) is 12.9. The van der Waals surface area contributed by atoms with E-state index in [0.29, 0.717) is 29.4 Å². The fraction of sp³-hybridized carbons (Fsp3) is 0.250. The number of methoxy groups -OCH3 is 1. The minimum Gasteiger partial charge on any atom is -0.493 e. The molecule has 0 aliphatic rings. The maximum Gasteiger partial charge on any atom is 0.277 e. The molecule has 1 N–H and O–H groups in total. The molecule has 7 heteroatoms. The van der Waals surface area contributed by atoms with Crippen molar-refractivity contribution < 1.29 is 19.0 Å². The second kappa shape index (κ2) is 10.5. The van der Waals surface area contributed by atoms with Gasteiger partial charge in [0.15, 0.2) is 18.1 Å². The van der Waals surface area contributed by atoms with Crippen molar-refractivity contribution in [2.75, 3.05) is 20.3 Å². The standard InChI is InChI=1S/C20H21N3O4/c1-3-10-26-18-9-8-15(11-19(18)25-2)13-22-23-20(24)14-27-17-7-5-4-6-16(17)12-21/h4-9,11,13H,3,10,14H2,1-2H3,(H,23,24)/b22-13+. The highest BCUT2D eigenvalue weighted by molar-refractivity contribution is 5.83. The molecule has 0 aliphatic carbocycles. The van der Waals surface area contributed by atoms with Crippen molar-refractivity contribution in [2.24, 2.45) is 5.10 Å². The second-order valence-electron chi connectivity index (χ2n) is 5.45. The molecule has 0 aromatic heterocycles. The zero-order valence-electron chi connectivity index (χ0n) is 15.3. The third-order valence-electron chi connectivity index (χ3n) is 3.42. The zero-order valence-corrected chi connectivity index (χ0v) is 15.3. The van der Waals surface area contributed by atoms with Crippen molar-refractivity contribution >= 4 is 12.1 Å². The number of nitriles is 1. The van der Waals surface area contributed by atoms with Gasteiger partial charge in [-0.05, 0) is 42.3 Å². The molecule has 140 valence electrons. The number of nitrogens with zero attached hydrogens (tertiary/aromatic N) is 2. The van der Waals surface area contributed by atoms with Crippen molar-refractivity contribution in [3.05, 3.63) is 53.6 Å². The zero-order chi connectivity index (χ0) is 19.5. The van der Waals surface area contributed by atoms with Crippen LogP contribution in [0.3, 0.4) is 0 Å². The smallest absolute Gasteiger partial charge is 0.277 e. The van der Waals surface area contributed by atoms with Crippen LogP contribution >= 0.6 is 0 Å². The number of hydrogen-bond donors (Lipinski definition) is 1. The molecule has 2 aromatic carbocycles. The van der Waals surface area contributed by atoms with Crippen molar-refractivity contribution in [2.45, 2.75) is 13.3 Å². The maximum atomic E-state index is 11.8. The Morgan fingerprint density at radius 1 is 1.19 bits per heavy atom. The Morgan fingerprint density at radius 3 is 2.74 bits per heavy atom. The van der Waals surface area contributed by atoms with Gasteiger partial charge in [-0.2, -0.15) is 10.4 Å². The number of carbonyl (C=O) groups excluding carboxylic acids is 1. The molecule has 27 heavy (non-hydrogen) atoms. The van der Waals surface area contributed by atoms with Gasteiger partial charge >= 0.3 is 0 Å². The van der Waals surface area contributed by atoms with Gasteiger partial charge in [-0.25, -0.2) is 5.43 Å². The van der Waals surface area contributed by atoms with Gasteiger partial charge in [0.05, 0.1) is 25.5 Å². The molecule has 1 amide bonds. The summed E-state index contributed by atoms with van der Waals surface area (Å²) in [5.74, 6) is 1.17. The summed E-state index contributed by atoms with van der Waals surface area (Å²) >= 11 is 0. The van der Waals surface area contributed by atoms with Gasteiger partial charge in [-0.1, -0.05) is 19.1 Å². The highest BCUT2D eigenvalue weighted by Crippen LogP contribution is 2.27. The lowest BCUT2D eigenvalue weighted by Gasteiger charge is -2.10. The van der Waals surface area contributed by atoms with Crippen molar-refractivity contribution in [3.63, 3.8) is 0 Å². The van der Waals surface area contributed by atoms with Crippen LogP contribution in [0.4, 0.5) is 0 Å². The lowest BCUT2D eigenvalue weighted by atomic mass is 10.2. The van der Waals surface area contributed by atoms with Gasteiger partial charge in [0.25, 0.3) is 5.91 Å². The van der Waals surface area contributed by atoms with Gasteiger partial charge in [-0.15, -0.1) is 0 Å². The van der Waals surface area contributed by atoms with E-state index in [1.165, 1.54) is 6.21 Å². The number of benzene rings is 2. The largest absolute Gasteiger partial charge is 0.493 e. The van der Waals surface area contributed by atoms with Gasteiger partial charge in [0.2, 0.25) is 0 Å². The molecule has 0 atom stereocenters. The van der Waals surface area contributed by atoms with E-state index in [-0.39, 0.29) is 6.61 Å². The number of hydrazone groups is 1. The second-order valence-corrected chi connectivity index (χ2v) is 5.45. The van der Waals surface area contributed by atoms with E-state index >= 15 is 0 Å². The lowest BCUT2D eigenvalue weighted by molar-refractivity contribution is -0.123. The molecule has 7 nitrogen and oxygen atoms in total. The quantitative estimate of drug-likeness (QED) is 0.543. The first-order valence-corrected chi connectivity index (χ1v) is 8.42. The lowest BCUT2D eigenvalue weighted by Crippen LogP contribution is -2.24. The first kappa shape index (κ1) is 19.8. The van der Waals surface area contributed by atoms with Crippen LogP contribution in [0.5, 0.6) is 17.2 Å². The Morgan fingerprint density at radius 2 is 2.00 bits per heavy atom. The Bertz CT molecular complexity index is 843. The molecule has 0 aliphatic heterocycles. The van der Waals surface area contributed by atoms with E-state index in [4.69, 9.17) is 19.5 Å². The molecule has 0 heterocycles. The first-order valence-electron chi connectivity index (χ1n) is 8.42. The predicted octanol–water partition coefficient (Wildman–Crippen LogP) is 2.88. The summed E-state index contributed by atoms with van der Waals surface area (Å²) in [5.41, 5.74) is 3.49. The van der Waals surface area contributed by atoms with Crippen LogP contribution in [0, 0.1) is 11.3 Å². The summed E-state index contributed by atoms with van der Waals surface area (Å²) in [4.78, 5) is 11.8. The Kier molecular flexibility index (Phi) is 7.67. The number of hydrogen-bond acceptors (Lipinski definition) is 6. The fourth-order valence-corrected chi connectivity index (χ4v) is 2.13. The van der Waals surface area contributed by atoms with E-state index in [9.17, 15) is 4.79 Å². The van der Waals surface area contributed by atoms with Crippen molar-refractivity contribution in [3.8, 4) is 23.3 Å². The number of para-hydroxylation sites is 1. The molecule has 0 radical (unpaired) electrons. The summed E-state index contributed by atoms with van der Waals surface area (Å²) in [7, 11) is 1.56. The van der Waals surface area contributed by atoms with Crippen molar-refractivity contribution in [1.29, 1.82) is 5.26 Å². The molecule has 2 rings (SSSR count). The summed E-state index contributed by atoms with van der Waals surface area (Å²) in [6.45, 7) is 2.39. The first-order chi connectivity index (χ1) is 13.2. The van der Waals surface area contributed by atoms with E-state index in [2.05, 4.69) is 10.5 Å². The average Bonchev–Trinajstić information content (AvgIpc) is 2.71. The Balaban J connectivity index is 1.89. The van der Waals surface area contributed by atoms with Crippen LogP contribution in [0.25, 0.3) is 0 Å². The third kappa shape index (κ3) is 6.04. The molecule has 0 saturated heterocycles. The van der Waals surface area contributed by atoms with Crippen LogP contribution in [0.1, 0.15) is 24.5 Å². The van der Waals surface area contributed by atoms with E-state index in [1.807, 2.05) is 19.1 Å². The molecular weight excluding hydrogens is 346 g/mol. The minimum atomic E-state index is -0.436. The van der Waals surface area contributed by atoms with Crippen LogP contribution in [-0.4, -0.2) is 32.4 Å². The number of carbonyl (C=O) groups is 1.